The number of nitrogens with one attached hydrogen (secondary N) is 1. The Balaban J connectivity index is 1.76. The number of rotatable bonds is 4. The first-order valence-corrected chi connectivity index (χ1v) is 10.9. The van der Waals surface area contributed by atoms with E-state index in [9.17, 15) is 14.7 Å². The molecule has 5 rings (SSSR count). The fourth-order valence-corrected chi connectivity index (χ4v) is 5.88. The number of pyridine rings is 1. The maximum atomic E-state index is 15.6. The van der Waals surface area contributed by atoms with Crippen molar-refractivity contribution in [2.75, 3.05) is 20.2 Å². The number of aromatic carboxylic acids is 1. The van der Waals surface area contributed by atoms with Crippen molar-refractivity contribution in [2.45, 2.75) is 50.6 Å². The molecule has 0 radical (unpaired) electrons. The van der Waals surface area contributed by atoms with E-state index in [4.69, 9.17) is 10.5 Å². The minimum Gasteiger partial charge on any atom is -0.494 e. The fourth-order valence-electron chi connectivity index (χ4n) is 5.88. The van der Waals surface area contributed by atoms with Crippen LogP contribution in [0.4, 0.5) is 4.39 Å². The van der Waals surface area contributed by atoms with Crippen LogP contribution >= 0.6 is 0 Å². The van der Waals surface area contributed by atoms with Crippen molar-refractivity contribution in [3.8, 4) is 5.75 Å². The molecule has 8 heteroatoms. The number of halogens is 1. The van der Waals surface area contributed by atoms with E-state index in [0.29, 0.717) is 16.8 Å². The predicted molar refractivity (Wildman–Crippen MR) is 114 cm³/mol. The van der Waals surface area contributed by atoms with Gasteiger partial charge in [0.05, 0.1) is 18.0 Å². The Morgan fingerprint density at radius 2 is 2.13 bits per heavy atom. The van der Waals surface area contributed by atoms with Crippen LogP contribution in [0, 0.1) is 17.2 Å². The summed E-state index contributed by atoms with van der Waals surface area (Å²) in [5, 5.41) is 13.0. The zero-order chi connectivity index (χ0) is 22.1. The van der Waals surface area contributed by atoms with Gasteiger partial charge >= 0.3 is 5.97 Å². The van der Waals surface area contributed by atoms with Crippen LogP contribution in [0.15, 0.2) is 17.1 Å². The Bertz CT molecular complexity index is 1140. The van der Waals surface area contributed by atoms with Gasteiger partial charge in [-0.3, -0.25) is 4.79 Å². The number of nitrogens with two attached hydrogens (primary N) is 1. The summed E-state index contributed by atoms with van der Waals surface area (Å²) < 4.78 is 23.2. The van der Waals surface area contributed by atoms with Gasteiger partial charge in [0.1, 0.15) is 17.1 Å². The van der Waals surface area contributed by atoms with Crippen molar-refractivity contribution in [1.82, 2.24) is 9.88 Å². The third kappa shape index (κ3) is 2.84. The Morgan fingerprint density at radius 3 is 2.71 bits per heavy atom. The van der Waals surface area contributed by atoms with E-state index < -0.39 is 17.2 Å². The lowest BCUT2D eigenvalue weighted by molar-refractivity contribution is -0.0115. The Hall–Kier alpha value is -2.45. The first-order chi connectivity index (χ1) is 14.8. The van der Waals surface area contributed by atoms with E-state index >= 15 is 4.39 Å². The van der Waals surface area contributed by atoms with Gasteiger partial charge in [0.2, 0.25) is 5.43 Å². The quantitative estimate of drug-likeness (QED) is 0.690. The van der Waals surface area contributed by atoms with Gasteiger partial charge in [-0.1, -0.05) is 6.92 Å². The largest absolute Gasteiger partial charge is 0.494 e. The number of carboxylic acids is 1. The van der Waals surface area contributed by atoms with Gasteiger partial charge in [0.25, 0.3) is 0 Å². The molecule has 1 aliphatic heterocycles. The number of fused-ring (bicyclic) bond motifs is 1. The lowest BCUT2D eigenvalue weighted by atomic mass is 9.50. The molecular weight excluding hydrogens is 401 g/mol. The van der Waals surface area contributed by atoms with Crippen LogP contribution < -0.4 is 21.2 Å². The summed E-state index contributed by atoms with van der Waals surface area (Å²) >= 11 is 0. The lowest BCUT2D eigenvalue weighted by Crippen LogP contribution is -2.62. The van der Waals surface area contributed by atoms with Crippen molar-refractivity contribution in [2.24, 2.45) is 17.1 Å². The molecule has 3 aliphatic rings. The number of nitrogens with zero attached hydrogens (tertiary/aromatic N) is 1. The number of methoxy groups -OCH3 is 1. The molecule has 1 spiro atoms. The maximum absolute atomic E-state index is 15.6. The minimum atomic E-state index is -1.31. The van der Waals surface area contributed by atoms with E-state index in [0.717, 1.165) is 38.8 Å². The van der Waals surface area contributed by atoms with Crippen LogP contribution in [0.25, 0.3) is 10.9 Å². The molecule has 4 N–H and O–H groups in total. The number of piperidine rings is 1. The second kappa shape index (κ2) is 7.03. The van der Waals surface area contributed by atoms with Crippen molar-refractivity contribution in [3.05, 3.63) is 39.4 Å². The molecule has 2 saturated carbocycles. The van der Waals surface area contributed by atoms with Crippen LogP contribution in [0.5, 0.6) is 5.75 Å². The van der Waals surface area contributed by atoms with Crippen molar-refractivity contribution in [1.29, 1.82) is 0 Å². The standard InChI is InChI=1S/C23H28FN3O4/c1-11-17(25)8-26-10-23(11)6-5-15(23)18-16(24)7-13-19(21(18)31-2)27(12-3-4-12)9-14(20(13)28)22(29)30/h7,9,11-12,15,17,26H,3-6,8,10,25H2,1-2H3,(H,29,30)/t11-,15?,17?,23?/m1/s1. The number of carbonyl (C=O) groups is 1. The highest BCUT2D eigenvalue weighted by molar-refractivity contribution is 5.95. The number of carboxylic acid groups (broad SMARTS) is 1. The molecule has 0 bridgehead atoms. The normalized spacial score (nSPS) is 30.4. The molecule has 1 aromatic carbocycles. The van der Waals surface area contributed by atoms with Crippen molar-refractivity contribution in [3.63, 3.8) is 0 Å². The summed E-state index contributed by atoms with van der Waals surface area (Å²) in [4.78, 5) is 24.5. The summed E-state index contributed by atoms with van der Waals surface area (Å²) in [5.41, 5.74) is 6.15. The third-order valence-corrected chi connectivity index (χ3v) is 7.96. The van der Waals surface area contributed by atoms with Gasteiger partial charge in [-0.15, -0.1) is 0 Å². The Labute approximate surface area is 179 Å². The summed E-state index contributed by atoms with van der Waals surface area (Å²) in [6.07, 6.45) is 4.93. The maximum Gasteiger partial charge on any atom is 0.341 e. The van der Waals surface area contributed by atoms with Crippen LogP contribution in [-0.4, -0.2) is 41.9 Å². The van der Waals surface area contributed by atoms with E-state index in [-0.39, 0.29) is 40.3 Å². The summed E-state index contributed by atoms with van der Waals surface area (Å²) in [6, 6.07) is 1.30. The molecule has 2 aromatic rings. The zero-order valence-corrected chi connectivity index (χ0v) is 17.8. The van der Waals surface area contributed by atoms with Gasteiger partial charge in [-0.05, 0) is 49.0 Å². The number of hydrogen-bond donors (Lipinski definition) is 3. The SMILES string of the molecule is COc1c(C2CCC23CNCC(N)[C@H]3C)c(F)cc2c(=O)c(C(=O)O)cn(C3CC3)c12. The van der Waals surface area contributed by atoms with E-state index in [2.05, 4.69) is 12.2 Å². The number of ether oxygens (including phenoxy) is 1. The molecule has 166 valence electrons. The molecule has 3 unspecified atom stereocenters. The highest BCUT2D eigenvalue weighted by atomic mass is 19.1. The highest BCUT2D eigenvalue weighted by Crippen LogP contribution is 2.61. The fraction of sp³-hybridized carbons (Fsp3) is 0.565. The Morgan fingerprint density at radius 1 is 1.39 bits per heavy atom. The average molecular weight is 429 g/mol. The van der Waals surface area contributed by atoms with E-state index in [1.807, 2.05) is 4.57 Å². The number of hydrogen-bond acceptors (Lipinski definition) is 5. The van der Waals surface area contributed by atoms with Gasteiger partial charge in [-0.2, -0.15) is 0 Å². The summed E-state index contributed by atoms with van der Waals surface area (Å²) in [7, 11) is 1.49. The third-order valence-electron chi connectivity index (χ3n) is 7.96. The van der Waals surface area contributed by atoms with Gasteiger partial charge in [0, 0.05) is 36.9 Å². The smallest absolute Gasteiger partial charge is 0.341 e. The molecule has 2 aliphatic carbocycles. The van der Waals surface area contributed by atoms with E-state index in [1.165, 1.54) is 19.4 Å². The number of aromatic nitrogens is 1. The van der Waals surface area contributed by atoms with Crippen LogP contribution in [0.1, 0.15) is 60.5 Å². The molecule has 7 nitrogen and oxygen atoms in total. The first kappa shape index (κ1) is 20.5. The number of benzene rings is 1. The lowest BCUT2D eigenvalue weighted by Gasteiger charge is -2.58. The van der Waals surface area contributed by atoms with Gasteiger partial charge in [-0.25, -0.2) is 9.18 Å². The second-order valence-corrected chi connectivity index (χ2v) is 9.42. The molecule has 3 fully saturated rings. The zero-order valence-electron chi connectivity index (χ0n) is 17.8. The second-order valence-electron chi connectivity index (χ2n) is 9.42. The summed E-state index contributed by atoms with van der Waals surface area (Å²) in [5.74, 6) is -1.33. The molecule has 2 heterocycles. The monoisotopic (exact) mass is 429 g/mol. The van der Waals surface area contributed by atoms with E-state index in [1.54, 1.807) is 0 Å². The Kier molecular flexibility index (Phi) is 4.64. The highest BCUT2D eigenvalue weighted by Gasteiger charge is 2.55. The van der Waals surface area contributed by atoms with Crippen molar-refractivity contribution >= 4 is 16.9 Å². The molecule has 4 atom stereocenters. The average Bonchev–Trinajstić information content (AvgIpc) is 3.55. The molecule has 1 saturated heterocycles. The van der Waals surface area contributed by atoms with Crippen molar-refractivity contribution < 1.29 is 19.0 Å². The molecule has 31 heavy (non-hydrogen) atoms. The molecule has 1 aromatic heterocycles. The molecule has 0 amide bonds. The first-order valence-electron chi connectivity index (χ1n) is 10.9. The van der Waals surface area contributed by atoms with Gasteiger partial charge in [0.15, 0.2) is 0 Å². The summed E-state index contributed by atoms with van der Waals surface area (Å²) in [6.45, 7) is 3.65. The van der Waals surface area contributed by atoms with Gasteiger partial charge < -0.3 is 25.5 Å². The topological polar surface area (TPSA) is 107 Å². The molecular formula is C23H28FN3O4. The van der Waals surface area contributed by atoms with Crippen LogP contribution in [0.2, 0.25) is 0 Å². The minimum absolute atomic E-state index is 0.00571. The van der Waals surface area contributed by atoms with Crippen LogP contribution in [0.3, 0.4) is 0 Å². The predicted octanol–water partition coefficient (Wildman–Crippen LogP) is 2.61. The van der Waals surface area contributed by atoms with Crippen LogP contribution in [-0.2, 0) is 0 Å².